The lowest BCUT2D eigenvalue weighted by molar-refractivity contribution is -0.384. The molecule has 0 aromatic heterocycles. The molecule has 1 unspecified atom stereocenters. The Labute approximate surface area is 176 Å². The Morgan fingerprint density at radius 1 is 1.16 bits per heavy atom. The zero-order valence-corrected chi connectivity index (χ0v) is 16.8. The zero-order valence-electron chi connectivity index (χ0n) is 16.8. The minimum Gasteiger partial charge on any atom is -0.493 e. The van der Waals surface area contributed by atoms with Gasteiger partial charge in [-0.15, -0.1) is 0 Å². The molecular formula is C20H21F2N3O6. The highest BCUT2D eigenvalue weighted by Crippen LogP contribution is 2.29. The summed E-state index contributed by atoms with van der Waals surface area (Å²) in [5, 5.41) is 15.9. The van der Waals surface area contributed by atoms with Crippen LogP contribution in [0.4, 0.5) is 14.5 Å². The first-order valence-corrected chi connectivity index (χ1v) is 9.16. The lowest BCUT2D eigenvalue weighted by atomic mass is 10.1. The molecule has 0 aliphatic heterocycles. The lowest BCUT2D eigenvalue weighted by Gasteiger charge is -2.15. The van der Waals surface area contributed by atoms with Crippen LogP contribution in [0.5, 0.6) is 11.5 Å². The monoisotopic (exact) mass is 437 g/mol. The molecule has 0 fully saturated rings. The van der Waals surface area contributed by atoms with Gasteiger partial charge in [0, 0.05) is 24.2 Å². The highest BCUT2D eigenvalue weighted by atomic mass is 19.3. The van der Waals surface area contributed by atoms with Crippen molar-refractivity contribution in [2.75, 3.05) is 13.7 Å². The Morgan fingerprint density at radius 2 is 1.90 bits per heavy atom. The van der Waals surface area contributed by atoms with Crippen LogP contribution in [-0.2, 0) is 11.2 Å². The van der Waals surface area contributed by atoms with Crippen LogP contribution in [0.25, 0.3) is 0 Å². The molecule has 9 nitrogen and oxygen atoms in total. The van der Waals surface area contributed by atoms with Gasteiger partial charge in [-0.05, 0) is 37.1 Å². The summed E-state index contributed by atoms with van der Waals surface area (Å²) in [4.78, 5) is 34.6. The molecule has 2 aromatic carbocycles. The van der Waals surface area contributed by atoms with Crippen molar-refractivity contribution >= 4 is 17.5 Å². The average molecular weight is 437 g/mol. The molecule has 0 heterocycles. The van der Waals surface area contributed by atoms with Crippen molar-refractivity contribution in [1.82, 2.24) is 10.6 Å². The maximum absolute atomic E-state index is 12.5. The predicted molar refractivity (Wildman–Crippen MR) is 106 cm³/mol. The predicted octanol–water partition coefficient (Wildman–Crippen LogP) is 2.68. The second-order valence-electron chi connectivity index (χ2n) is 6.41. The van der Waals surface area contributed by atoms with E-state index >= 15 is 0 Å². The smallest absolute Gasteiger partial charge is 0.387 e. The molecule has 0 bridgehead atoms. The number of nitro groups is 1. The zero-order chi connectivity index (χ0) is 23.0. The van der Waals surface area contributed by atoms with Crippen LogP contribution in [0.15, 0.2) is 42.5 Å². The number of halogens is 2. The summed E-state index contributed by atoms with van der Waals surface area (Å²) in [5.41, 5.74) is 0.447. The number of carbonyl (C=O) groups excluding carboxylic acids is 2. The standard InChI is InChI=1S/C20H21F2N3O6/c1-12(24-19(27)14-4-3-5-15(11-14)25(28)29)18(26)23-9-8-13-6-7-16(30-2)17(10-13)31-20(21)22/h3-7,10-12,20H,8-9H2,1-2H3,(H,23,26)(H,24,27). The number of methoxy groups -OCH3 is 1. The third kappa shape index (κ3) is 6.91. The SMILES string of the molecule is COc1ccc(CCNC(=O)C(C)NC(=O)c2cccc([N+](=O)[O-])c2)cc1OC(F)F. The average Bonchev–Trinajstić information content (AvgIpc) is 2.73. The van der Waals surface area contributed by atoms with Crippen LogP contribution in [0.2, 0.25) is 0 Å². The van der Waals surface area contributed by atoms with Crippen LogP contribution in [0, 0.1) is 10.1 Å². The van der Waals surface area contributed by atoms with E-state index in [1.54, 1.807) is 6.07 Å². The largest absolute Gasteiger partial charge is 0.493 e. The Balaban J connectivity index is 1.89. The number of benzene rings is 2. The van der Waals surface area contributed by atoms with E-state index in [0.717, 1.165) is 6.07 Å². The third-order valence-electron chi connectivity index (χ3n) is 4.22. The molecule has 2 rings (SSSR count). The van der Waals surface area contributed by atoms with Crippen LogP contribution in [0.3, 0.4) is 0 Å². The minimum absolute atomic E-state index is 0.0543. The van der Waals surface area contributed by atoms with Crippen LogP contribution < -0.4 is 20.1 Å². The van der Waals surface area contributed by atoms with Crippen molar-refractivity contribution < 1.29 is 32.8 Å². The number of amides is 2. The second-order valence-corrected chi connectivity index (χ2v) is 6.41. The fourth-order valence-corrected chi connectivity index (χ4v) is 2.65. The van der Waals surface area contributed by atoms with Gasteiger partial charge < -0.3 is 20.1 Å². The third-order valence-corrected chi connectivity index (χ3v) is 4.22. The van der Waals surface area contributed by atoms with Gasteiger partial charge in [0.25, 0.3) is 11.6 Å². The topological polar surface area (TPSA) is 120 Å². The summed E-state index contributed by atoms with van der Waals surface area (Å²) in [6.45, 7) is -1.36. The van der Waals surface area contributed by atoms with Crippen LogP contribution >= 0.6 is 0 Å². The molecule has 0 saturated carbocycles. The molecule has 0 radical (unpaired) electrons. The number of non-ortho nitro benzene ring substituents is 1. The number of nitrogens with zero attached hydrogens (tertiary/aromatic N) is 1. The van der Waals surface area contributed by atoms with Crippen molar-refractivity contribution in [2.24, 2.45) is 0 Å². The van der Waals surface area contributed by atoms with Crippen molar-refractivity contribution in [1.29, 1.82) is 0 Å². The Bertz CT molecular complexity index is 954. The molecule has 0 spiro atoms. The van der Waals surface area contributed by atoms with Crippen LogP contribution in [-0.4, -0.2) is 43.0 Å². The summed E-state index contributed by atoms with van der Waals surface area (Å²) in [7, 11) is 1.33. The highest BCUT2D eigenvalue weighted by Gasteiger charge is 2.18. The first-order chi connectivity index (χ1) is 14.7. The second kappa shape index (κ2) is 10.9. The van der Waals surface area contributed by atoms with Crippen molar-refractivity contribution in [3.05, 3.63) is 63.7 Å². The maximum atomic E-state index is 12.5. The first-order valence-electron chi connectivity index (χ1n) is 9.16. The number of hydrogen-bond donors (Lipinski definition) is 2. The van der Waals surface area contributed by atoms with Gasteiger partial charge in [0.15, 0.2) is 11.5 Å². The molecule has 11 heteroatoms. The van der Waals surface area contributed by atoms with E-state index in [1.807, 2.05) is 0 Å². The van der Waals surface area contributed by atoms with Crippen molar-refractivity contribution in [2.45, 2.75) is 26.0 Å². The molecule has 2 aromatic rings. The molecular weight excluding hydrogens is 416 g/mol. The van der Waals surface area contributed by atoms with E-state index < -0.39 is 29.4 Å². The first kappa shape index (κ1) is 23.5. The van der Waals surface area contributed by atoms with E-state index in [-0.39, 0.29) is 29.3 Å². The fraction of sp³-hybridized carbons (Fsp3) is 0.300. The number of nitro benzene ring substituents is 1. The van der Waals surface area contributed by atoms with Gasteiger partial charge in [-0.3, -0.25) is 19.7 Å². The van der Waals surface area contributed by atoms with Gasteiger partial charge in [-0.25, -0.2) is 0 Å². The van der Waals surface area contributed by atoms with Crippen LogP contribution in [0.1, 0.15) is 22.8 Å². The number of rotatable bonds is 10. The molecule has 2 amide bonds. The Hall–Kier alpha value is -3.76. The number of ether oxygens (including phenoxy) is 2. The van der Waals surface area contributed by atoms with Gasteiger partial charge in [0.1, 0.15) is 6.04 Å². The number of nitrogens with one attached hydrogen (secondary N) is 2. The molecule has 0 aliphatic carbocycles. The number of hydrogen-bond acceptors (Lipinski definition) is 6. The van der Waals surface area contributed by atoms with Gasteiger partial charge in [-0.2, -0.15) is 8.78 Å². The highest BCUT2D eigenvalue weighted by molar-refractivity contribution is 5.97. The van der Waals surface area contributed by atoms with E-state index in [0.29, 0.717) is 12.0 Å². The van der Waals surface area contributed by atoms with Gasteiger partial charge >= 0.3 is 6.61 Å². The van der Waals surface area contributed by atoms with E-state index in [9.17, 15) is 28.5 Å². The summed E-state index contributed by atoms with van der Waals surface area (Å²) >= 11 is 0. The number of carbonyl (C=O) groups is 2. The lowest BCUT2D eigenvalue weighted by Crippen LogP contribution is -2.45. The molecule has 0 saturated heterocycles. The minimum atomic E-state index is -3.00. The molecule has 166 valence electrons. The Morgan fingerprint density at radius 3 is 2.55 bits per heavy atom. The molecule has 31 heavy (non-hydrogen) atoms. The van der Waals surface area contributed by atoms with E-state index in [1.165, 1.54) is 44.4 Å². The summed E-state index contributed by atoms with van der Waals surface area (Å²) < 4.78 is 34.4. The van der Waals surface area contributed by atoms with Crippen molar-refractivity contribution in [3.8, 4) is 11.5 Å². The van der Waals surface area contributed by atoms with Crippen molar-refractivity contribution in [3.63, 3.8) is 0 Å². The summed E-state index contributed by atoms with van der Waals surface area (Å²) in [6.07, 6.45) is 0.320. The van der Waals surface area contributed by atoms with E-state index in [2.05, 4.69) is 15.4 Å². The molecule has 2 N–H and O–H groups in total. The Kier molecular flexibility index (Phi) is 8.24. The molecule has 1 atom stereocenters. The summed E-state index contributed by atoms with van der Waals surface area (Å²) in [6, 6.07) is 8.76. The van der Waals surface area contributed by atoms with E-state index in [4.69, 9.17) is 4.74 Å². The normalized spacial score (nSPS) is 11.5. The maximum Gasteiger partial charge on any atom is 0.387 e. The number of alkyl halides is 2. The van der Waals surface area contributed by atoms with Gasteiger partial charge in [0.05, 0.1) is 12.0 Å². The quantitative estimate of drug-likeness (QED) is 0.436. The summed E-state index contributed by atoms with van der Waals surface area (Å²) in [5.74, 6) is -1.06. The fourth-order valence-electron chi connectivity index (χ4n) is 2.65. The van der Waals surface area contributed by atoms with Gasteiger partial charge in [-0.1, -0.05) is 12.1 Å². The molecule has 0 aliphatic rings. The van der Waals surface area contributed by atoms with Gasteiger partial charge in [0.2, 0.25) is 5.91 Å².